The van der Waals surface area contributed by atoms with Crippen molar-refractivity contribution in [1.29, 1.82) is 0 Å². The first kappa shape index (κ1) is 9.82. The Morgan fingerprint density at radius 3 is 2.25 bits per heavy atom. The van der Waals surface area contributed by atoms with Gasteiger partial charge in [-0.2, -0.15) is 0 Å². The molecule has 0 aromatic carbocycles. The second-order valence-electron chi connectivity index (χ2n) is 2.67. The van der Waals surface area contributed by atoms with Crippen LogP contribution in [0.1, 0.15) is 0 Å². The van der Waals surface area contributed by atoms with Gasteiger partial charge >= 0.3 is 0 Å². The highest BCUT2D eigenvalue weighted by Gasteiger charge is 2.43. The maximum absolute atomic E-state index is 12.9. The van der Waals surface area contributed by atoms with Gasteiger partial charge in [0.25, 0.3) is 0 Å². The fourth-order valence-corrected chi connectivity index (χ4v) is 1.06. The predicted octanol–water partition coefficient (Wildman–Crippen LogP) is -2.24. The number of aliphatic hydroxyl groups excluding tert-OH is 4. The molecule has 1 heterocycles. The van der Waals surface area contributed by atoms with Crippen LogP contribution in [0, 0.1) is 0 Å². The van der Waals surface area contributed by atoms with Gasteiger partial charge in [0.15, 0.2) is 12.5 Å². The molecule has 0 bridgehead atoms. The molecule has 12 heavy (non-hydrogen) atoms. The van der Waals surface area contributed by atoms with Crippen LogP contribution >= 0.6 is 0 Å². The van der Waals surface area contributed by atoms with Crippen molar-refractivity contribution in [3.8, 4) is 0 Å². The Hall–Kier alpha value is -0.270. The topological polar surface area (TPSA) is 90.2 Å². The monoisotopic (exact) mass is 182 g/mol. The second-order valence-corrected chi connectivity index (χ2v) is 2.67. The molecule has 0 saturated carbocycles. The van der Waals surface area contributed by atoms with E-state index in [1.165, 1.54) is 0 Å². The smallest absolute Gasteiger partial charge is 0.184 e. The summed E-state index contributed by atoms with van der Waals surface area (Å²) in [5.74, 6) is 0. The lowest BCUT2D eigenvalue weighted by Gasteiger charge is -2.36. The van der Waals surface area contributed by atoms with Crippen molar-refractivity contribution < 1.29 is 29.6 Å². The van der Waals surface area contributed by atoms with Gasteiger partial charge in [-0.05, 0) is 0 Å². The van der Waals surface area contributed by atoms with Gasteiger partial charge in [-0.25, -0.2) is 4.39 Å². The summed E-state index contributed by atoms with van der Waals surface area (Å²) in [5, 5.41) is 35.2. The van der Waals surface area contributed by atoms with E-state index in [-0.39, 0.29) is 0 Å². The molecule has 0 radical (unpaired) electrons. The highest BCUT2D eigenvalue weighted by molar-refractivity contribution is 4.88. The Labute approximate surface area is 68.0 Å². The SMILES string of the molecule is OC[C@H]1O[C@H](O)[C@@H](O)[C@@H](O)[C@@H]1F. The number of hydrogen-bond acceptors (Lipinski definition) is 5. The maximum atomic E-state index is 12.9. The van der Waals surface area contributed by atoms with E-state index in [4.69, 9.17) is 20.4 Å². The summed E-state index contributed by atoms with van der Waals surface area (Å²) in [6.07, 6.45) is -8.19. The first-order valence-corrected chi connectivity index (χ1v) is 3.52. The molecule has 0 aliphatic carbocycles. The van der Waals surface area contributed by atoms with Crippen LogP contribution in [0.4, 0.5) is 4.39 Å². The van der Waals surface area contributed by atoms with Gasteiger partial charge in [-0.15, -0.1) is 0 Å². The summed E-state index contributed by atoms with van der Waals surface area (Å²) in [7, 11) is 0. The van der Waals surface area contributed by atoms with Crippen LogP contribution in [0.25, 0.3) is 0 Å². The molecule has 1 aliphatic rings. The van der Waals surface area contributed by atoms with Crippen LogP contribution in [-0.4, -0.2) is 57.8 Å². The molecule has 0 aromatic rings. The molecule has 0 spiro atoms. The lowest BCUT2D eigenvalue weighted by Crippen LogP contribution is -2.56. The molecule has 0 amide bonds. The Balaban J connectivity index is 2.63. The molecule has 5 nitrogen and oxygen atoms in total. The highest BCUT2D eigenvalue weighted by Crippen LogP contribution is 2.21. The average Bonchev–Trinajstić information content (AvgIpc) is 2.08. The number of rotatable bonds is 1. The number of alkyl halides is 1. The van der Waals surface area contributed by atoms with Crippen molar-refractivity contribution in [2.24, 2.45) is 0 Å². The lowest BCUT2D eigenvalue weighted by molar-refractivity contribution is -0.274. The van der Waals surface area contributed by atoms with Gasteiger partial charge < -0.3 is 25.2 Å². The zero-order valence-corrected chi connectivity index (χ0v) is 6.17. The molecule has 5 atom stereocenters. The fraction of sp³-hybridized carbons (Fsp3) is 1.00. The molecule has 1 fully saturated rings. The molecule has 6 heteroatoms. The summed E-state index contributed by atoms with van der Waals surface area (Å²) in [6.45, 7) is -0.651. The van der Waals surface area contributed by atoms with Crippen LogP contribution in [0.3, 0.4) is 0 Å². The van der Waals surface area contributed by atoms with E-state index < -0.39 is 37.4 Å². The minimum Gasteiger partial charge on any atom is -0.394 e. The average molecular weight is 182 g/mol. The molecule has 4 N–H and O–H groups in total. The molecule has 72 valence electrons. The third-order valence-corrected chi connectivity index (χ3v) is 1.82. The van der Waals surface area contributed by atoms with Crippen LogP contribution in [0.5, 0.6) is 0 Å². The third-order valence-electron chi connectivity index (χ3n) is 1.82. The molecule has 0 aromatic heterocycles. The number of ether oxygens (including phenoxy) is 1. The maximum Gasteiger partial charge on any atom is 0.184 e. The molecule has 1 saturated heterocycles. The van der Waals surface area contributed by atoms with Gasteiger partial charge in [-0.1, -0.05) is 0 Å². The standard InChI is InChI=1S/C6H11FO5/c7-3-2(1-8)12-6(11)5(10)4(3)9/h2-6,8-11H,1H2/t2-,3-,4+,5+,6+/m1/s1. The van der Waals surface area contributed by atoms with Crippen molar-refractivity contribution in [2.75, 3.05) is 6.61 Å². The van der Waals surface area contributed by atoms with Gasteiger partial charge in [0.05, 0.1) is 6.61 Å². The van der Waals surface area contributed by atoms with Crippen molar-refractivity contribution in [3.63, 3.8) is 0 Å². The normalized spacial score (nSPS) is 49.2. The second kappa shape index (κ2) is 3.63. The Bertz CT molecular complexity index is 150. The van der Waals surface area contributed by atoms with Crippen LogP contribution in [0.15, 0.2) is 0 Å². The van der Waals surface area contributed by atoms with Gasteiger partial charge in [0, 0.05) is 0 Å². The zero-order valence-electron chi connectivity index (χ0n) is 6.17. The van der Waals surface area contributed by atoms with E-state index in [1.54, 1.807) is 0 Å². The predicted molar refractivity (Wildman–Crippen MR) is 34.9 cm³/mol. The summed E-state index contributed by atoms with van der Waals surface area (Å²) < 4.78 is 17.3. The molecule has 0 unspecified atom stereocenters. The van der Waals surface area contributed by atoms with Crippen LogP contribution < -0.4 is 0 Å². The zero-order chi connectivity index (χ0) is 9.30. The molecular formula is C6H11FO5. The Kier molecular flexibility index (Phi) is 2.97. The van der Waals surface area contributed by atoms with Gasteiger partial charge in [0.2, 0.25) is 0 Å². The quantitative estimate of drug-likeness (QED) is 0.368. The summed E-state index contributed by atoms with van der Waals surface area (Å²) >= 11 is 0. The van der Waals surface area contributed by atoms with E-state index in [2.05, 4.69) is 4.74 Å². The van der Waals surface area contributed by atoms with E-state index in [0.717, 1.165) is 0 Å². The van der Waals surface area contributed by atoms with Crippen molar-refractivity contribution in [3.05, 3.63) is 0 Å². The molecule has 1 aliphatic heterocycles. The third kappa shape index (κ3) is 1.57. The van der Waals surface area contributed by atoms with Gasteiger partial charge in [-0.3, -0.25) is 0 Å². The van der Waals surface area contributed by atoms with E-state index >= 15 is 0 Å². The van der Waals surface area contributed by atoms with Crippen LogP contribution in [-0.2, 0) is 4.74 Å². The van der Waals surface area contributed by atoms with Crippen molar-refractivity contribution in [1.82, 2.24) is 0 Å². The number of aliphatic hydroxyl groups is 4. The minimum atomic E-state index is -1.88. The van der Waals surface area contributed by atoms with E-state index in [1.807, 2.05) is 0 Å². The van der Waals surface area contributed by atoms with Crippen LogP contribution in [0.2, 0.25) is 0 Å². The molecular weight excluding hydrogens is 171 g/mol. The summed E-state index contributed by atoms with van der Waals surface area (Å²) in [4.78, 5) is 0. The number of halogens is 1. The lowest BCUT2D eigenvalue weighted by atomic mass is 10.0. The minimum absolute atomic E-state index is 0.651. The fourth-order valence-electron chi connectivity index (χ4n) is 1.06. The highest BCUT2D eigenvalue weighted by atomic mass is 19.1. The molecule has 1 rings (SSSR count). The van der Waals surface area contributed by atoms with Crippen molar-refractivity contribution in [2.45, 2.75) is 30.8 Å². The van der Waals surface area contributed by atoms with Gasteiger partial charge in [0.1, 0.15) is 18.3 Å². The Morgan fingerprint density at radius 1 is 1.17 bits per heavy atom. The number of hydrogen-bond donors (Lipinski definition) is 4. The van der Waals surface area contributed by atoms with Crippen molar-refractivity contribution >= 4 is 0 Å². The van der Waals surface area contributed by atoms with E-state index in [9.17, 15) is 4.39 Å². The summed E-state index contributed by atoms with van der Waals surface area (Å²) in [5.41, 5.74) is 0. The Morgan fingerprint density at radius 2 is 1.75 bits per heavy atom. The first-order chi connectivity index (χ1) is 5.57. The summed E-state index contributed by atoms with van der Waals surface area (Å²) in [6, 6.07) is 0. The first-order valence-electron chi connectivity index (χ1n) is 3.52. The van der Waals surface area contributed by atoms with E-state index in [0.29, 0.717) is 0 Å². The largest absolute Gasteiger partial charge is 0.394 e.